The molecule has 0 N–H and O–H groups in total. The van der Waals surface area contributed by atoms with Crippen LogP contribution < -0.4 is 0 Å². The summed E-state index contributed by atoms with van der Waals surface area (Å²) < 4.78 is 0. The van der Waals surface area contributed by atoms with Crippen molar-refractivity contribution in [1.29, 1.82) is 0 Å². The van der Waals surface area contributed by atoms with Gasteiger partial charge in [-0.2, -0.15) is 0 Å². The van der Waals surface area contributed by atoms with Crippen LogP contribution >= 0.6 is 0 Å². The molecule has 0 aromatic heterocycles. The second-order valence-electron chi connectivity index (χ2n) is 14.4. The minimum atomic E-state index is -1.35. The van der Waals surface area contributed by atoms with Crippen molar-refractivity contribution in [3.63, 3.8) is 0 Å². The number of rotatable bonds is 2. The summed E-state index contributed by atoms with van der Waals surface area (Å²) in [6.07, 6.45) is 19.6. The summed E-state index contributed by atoms with van der Waals surface area (Å²) in [6.45, 7) is 20.0. The molecule has 2 saturated carbocycles. The fourth-order valence-corrected chi connectivity index (χ4v) is 17.4. The second kappa shape index (κ2) is 7.59. The van der Waals surface area contributed by atoms with Crippen LogP contribution in [0.15, 0.2) is 47.6 Å². The highest BCUT2D eigenvalue weighted by Gasteiger charge is 2.64. The Labute approximate surface area is 199 Å². The monoisotopic (exact) mass is 448 g/mol. The van der Waals surface area contributed by atoms with Crippen molar-refractivity contribution >= 4 is 8.07 Å². The molecule has 0 spiro atoms. The molecular weight excluding hydrogens is 400 g/mol. The first-order chi connectivity index (χ1) is 14.9. The zero-order chi connectivity index (χ0) is 23.1. The standard InChI is InChI=1S/C31H48Si/c1-20-18-24-22(12-9-14-26(24)30(3,4)5)28(20)32(16-11-17-32)29-21(2)19-25-23(29)13-10-15-27(25)31(6,7)8/h9-10,12-15,20-25,28-29H,11,16-19H2,1-8H3. The van der Waals surface area contributed by atoms with E-state index < -0.39 is 8.07 Å². The molecular formula is C31H48Si. The van der Waals surface area contributed by atoms with Crippen LogP contribution in [-0.4, -0.2) is 8.07 Å². The molecule has 5 rings (SSSR count). The predicted octanol–water partition coefficient (Wildman–Crippen LogP) is 9.21. The van der Waals surface area contributed by atoms with E-state index in [4.69, 9.17) is 0 Å². The molecule has 1 saturated heterocycles. The highest BCUT2D eigenvalue weighted by Crippen LogP contribution is 2.69. The van der Waals surface area contributed by atoms with Crippen molar-refractivity contribution in [2.45, 2.75) is 97.8 Å². The lowest BCUT2D eigenvalue weighted by Crippen LogP contribution is -2.55. The van der Waals surface area contributed by atoms with Gasteiger partial charge < -0.3 is 0 Å². The Kier molecular flexibility index (Phi) is 5.44. The van der Waals surface area contributed by atoms with Crippen LogP contribution in [0, 0.1) is 46.3 Å². The largest absolute Gasteiger partial charge is 0.0808 e. The third-order valence-electron chi connectivity index (χ3n) is 10.6. The van der Waals surface area contributed by atoms with E-state index >= 15 is 0 Å². The molecule has 5 aliphatic rings. The van der Waals surface area contributed by atoms with Crippen molar-refractivity contribution in [2.75, 3.05) is 0 Å². The van der Waals surface area contributed by atoms with E-state index in [-0.39, 0.29) is 0 Å². The van der Waals surface area contributed by atoms with Gasteiger partial charge in [0.05, 0.1) is 8.07 Å². The molecule has 1 heteroatoms. The van der Waals surface area contributed by atoms with Gasteiger partial charge in [-0.25, -0.2) is 0 Å². The van der Waals surface area contributed by atoms with Crippen LogP contribution in [0.5, 0.6) is 0 Å². The number of allylic oxidation sites excluding steroid dienone is 8. The van der Waals surface area contributed by atoms with Crippen molar-refractivity contribution < 1.29 is 0 Å². The Morgan fingerprint density at radius 1 is 0.688 bits per heavy atom. The fourth-order valence-electron chi connectivity index (χ4n) is 9.65. The molecule has 3 fully saturated rings. The van der Waals surface area contributed by atoms with E-state index in [0.717, 1.165) is 46.6 Å². The Bertz CT molecular complexity index is 797. The lowest BCUT2D eigenvalue weighted by atomic mass is 9.72. The minimum absolute atomic E-state index is 0.306. The van der Waals surface area contributed by atoms with Crippen molar-refractivity contribution in [3.8, 4) is 0 Å². The van der Waals surface area contributed by atoms with Crippen molar-refractivity contribution in [2.24, 2.45) is 46.3 Å². The maximum Gasteiger partial charge on any atom is 0.0615 e. The smallest absolute Gasteiger partial charge is 0.0615 e. The van der Waals surface area contributed by atoms with E-state index in [0.29, 0.717) is 10.8 Å². The highest BCUT2D eigenvalue weighted by molar-refractivity contribution is 6.85. The normalized spacial score (nSPS) is 42.8. The quantitative estimate of drug-likeness (QED) is 0.369. The zero-order valence-electron chi connectivity index (χ0n) is 22.1. The predicted molar refractivity (Wildman–Crippen MR) is 142 cm³/mol. The molecule has 176 valence electrons. The third kappa shape index (κ3) is 3.35. The van der Waals surface area contributed by atoms with Crippen molar-refractivity contribution in [3.05, 3.63) is 47.6 Å². The number of fused-ring (bicyclic) bond motifs is 2. The first-order valence-corrected chi connectivity index (χ1v) is 16.3. The fraction of sp³-hybridized carbons (Fsp3) is 0.742. The molecule has 0 aromatic rings. The summed E-state index contributed by atoms with van der Waals surface area (Å²) in [5, 5.41) is 0. The number of hydrogen-bond acceptors (Lipinski definition) is 0. The molecule has 32 heavy (non-hydrogen) atoms. The van der Waals surface area contributed by atoms with Gasteiger partial charge in [-0.3, -0.25) is 0 Å². The Morgan fingerprint density at radius 3 is 1.41 bits per heavy atom. The Morgan fingerprint density at radius 2 is 1.09 bits per heavy atom. The van der Waals surface area contributed by atoms with Crippen LogP contribution in [0.1, 0.15) is 74.7 Å². The molecule has 0 aromatic carbocycles. The van der Waals surface area contributed by atoms with Gasteiger partial charge >= 0.3 is 0 Å². The first kappa shape index (κ1) is 22.9. The molecule has 0 amide bonds. The van der Waals surface area contributed by atoms with Gasteiger partial charge in [0.25, 0.3) is 0 Å². The molecule has 4 aliphatic carbocycles. The number of hydrogen-bond donors (Lipinski definition) is 0. The van der Waals surface area contributed by atoms with Crippen LogP contribution in [-0.2, 0) is 0 Å². The maximum absolute atomic E-state index is 2.68. The van der Waals surface area contributed by atoms with E-state index in [1.165, 1.54) is 19.3 Å². The highest BCUT2D eigenvalue weighted by atomic mass is 28.3. The molecule has 1 aliphatic heterocycles. The third-order valence-corrected chi connectivity index (χ3v) is 17.7. The SMILES string of the molecule is CC1CC2C(C(C)(C)C)=CC=CC2C1[Si]1(C2C(C)CC3C(C(C)(C)C)=CC=CC32)CCC1. The van der Waals surface area contributed by atoms with E-state index in [9.17, 15) is 0 Å². The summed E-state index contributed by atoms with van der Waals surface area (Å²) in [6, 6.07) is 3.24. The lowest BCUT2D eigenvalue weighted by molar-refractivity contribution is 0.377. The molecule has 8 unspecified atom stereocenters. The summed E-state index contributed by atoms with van der Waals surface area (Å²) in [7, 11) is -1.35. The van der Waals surface area contributed by atoms with E-state index in [2.05, 4.69) is 91.8 Å². The lowest BCUT2D eigenvalue weighted by Gasteiger charge is -2.56. The summed E-state index contributed by atoms with van der Waals surface area (Å²) in [4.78, 5) is 0. The van der Waals surface area contributed by atoms with Crippen LogP contribution in [0.3, 0.4) is 0 Å². The maximum atomic E-state index is 2.68. The molecule has 0 nitrogen and oxygen atoms in total. The van der Waals surface area contributed by atoms with Gasteiger partial charge in [0.15, 0.2) is 0 Å². The van der Waals surface area contributed by atoms with Gasteiger partial charge in [-0.05, 0) is 70.3 Å². The van der Waals surface area contributed by atoms with Gasteiger partial charge in [0.2, 0.25) is 0 Å². The van der Waals surface area contributed by atoms with Crippen LogP contribution in [0.4, 0.5) is 0 Å². The average molecular weight is 449 g/mol. The Hall–Kier alpha value is -0.823. The molecule has 1 heterocycles. The van der Waals surface area contributed by atoms with E-state index in [1.54, 1.807) is 23.2 Å². The minimum Gasteiger partial charge on any atom is -0.0808 e. The van der Waals surface area contributed by atoms with Gasteiger partial charge in [-0.15, -0.1) is 0 Å². The topological polar surface area (TPSA) is 0 Å². The summed E-state index contributed by atoms with van der Waals surface area (Å²) >= 11 is 0. The molecule has 8 atom stereocenters. The average Bonchev–Trinajstić information content (AvgIpc) is 3.16. The summed E-state index contributed by atoms with van der Waals surface area (Å²) in [5.74, 6) is 5.08. The van der Waals surface area contributed by atoms with Crippen LogP contribution in [0.25, 0.3) is 0 Å². The Balaban J connectivity index is 1.50. The van der Waals surface area contributed by atoms with Gasteiger partial charge in [0.1, 0.15) is 0 Å². The first-order valence-electron chi connectivity index (χ1n) is 13.7. The molecule has 0 radical (unpaired) electrons. The van der Waals surface area contributed by atoms with E-state index in [1.807, 2.05) is 0 Å². The van der Waals surface area contributed by atoms with Crippen molar-refractivity contribution in [1.82, 2.24) is 0 Å². The summed E-state index contributed by atoms with van der Waals surface area (Å²) in [5.41, 5.74) is 6.12. The van der Waals surface area contributed by atoms with Gasteiger partial charge in [-0.1, -0.05) is 122 Å². The zero-order valence-corrected chi connectivity index (χ0v) is 23.1. The molecule has 0 bridgehead atoms. The second-order valence-corrected chi connectivity index (χ2v) is 19.2. The van der Waals surface area contributed by atoms with Gasteiger partial charge in [0, 0.05) is 0 Å². The van der Waals surface area contributed by atoms with Crippen LogP contribution in [0.2, 0.25) is 23.2 Å².